The Morgan fingerprint density at radius 2 is 2.07 bits per heavy atom. The van der Waals surface area contributed by atoms with Gasteiger partial charge in [0.2, 0.25) is 5.91 Å². The van der Waals surface area contributed by atoms with E-state index in [1.165, 1.54) is 11.8 Å². The van der Waals surface area contributed by atoms with Gasteiger partial charge < -0.3 is 5.73 Å². The first-order valence-corrected chi connectivity index (χ1v) is 5.16. The number of primary amides is 1. The van der Waals surface area contributed by atoms with E-state index in [2.05, 4.69) is 9.97 Å². The van der Waals surface area contributed by atoms with Gasteiger partial charge in [0, 0.05) is 24.6 Å². The molecule has 80 valence electrons. The summed E-state index contributed by atoms with van der Waals surface area (Å²) in [6.07, 6.45) is 3.45. The van der Waals surface area contributed by atoms with Gasteiger partial charge in [-0.1, -0.05) is 11.8 Å². The molecule has 0 aliphatic carbocycles. The molecule has 0 radical (unpaired) electrons. The summed E-state index contributed by atoms with van der Waals surface area (Å²) in [4.78, 5) is 29.2. The molecule has 1 rings (SSSR count). The summed E-state index contributed by atoms with van der Waals surface area (Å²) in [6.45, 7) is 0. The molecule has 6 nitrogen and oxygen atoms in total. The van der Waals surface area contributed by atoms with Gasteiger partial charge in [-0.15, -0.1) is 0 Å². The zero-order valence-electron chi connectivity index (χ0n) is 7.84. The van der Waals surface area contributed by atoms with Crippen molar-refractivity contribution in [3.05, 3.63) is 18.5 Å². The SMILES string of the molecule is NC(=O)NC(=O)CCSc1ncccn1. The number of hydrogen-bond donors (Lipinski definition) is 2. The monoisotopic (exact) mass is 226 g/mol. The third-order valence-corrected chi connectivity index (χ3v) is 2.24. The lowest BCUT2D eigenvalue weighted by Gasteiger charge is -1.99. The molecule has 0 atom stereocenters. The highest BCUT2D eigenvalue weighted by molar-refractivity contribution is 7.99. The Labute approximate surface area is 90.7 Å². The zero-order chi connectivity index (χ0) is 11.1. The summed E-state index contributed by atoms with van der Waals surface area (Å²) in [5.74, 6) is 0.106. The van der Waals surface area contributed by atoms with Gasteiger partial charge in [0.15, 0.2) is 5.16 Å². The second-order valence-electron chi connectivity index (χ2n) is 2.54. The average Bonchev–Trinajstić information content (AvgIpc) is 2.18. The van der Waals surface area contributed by atoms with E-state index in [9.17, 15) is 9.59 Å². The van der Waals surface area contributed by atoms with Crippen molar-refractivity contribution in [1.82, 2.24) is 15.3 Å². The van der Waals surface area contributed by atoms with Crippen molar-refractivity contribution < 1.29 is 9.59 Å². The molecule has 15 heavy (non-hydrogen) atoms. The molecule has 1 aromatic rings. The van der Waals surface area contributed by atoms with Gasteiger partial charge in [-0.25, -0.2) is 14.8 Å². The molecule has 3 amide bonds. The largest absolute Gasteiger partial charge is 0.351 e. The number of nitrogens with one attached hydrogen (secondary N) is 1. The molecule has 0 unspecified atom stereocenters. The third kappa shape index (κ3) is 4.96. The van der Waals surface area contributed by atoms with Crippen LogP contribution >= 0.6 is 11.8 Å². The van der Waals surface area contributed by atoms with E-state index in [-0.39, 0.29) is 6.42 Å². The van der Waals surface area contributed by atoms with E-state index in [1.54, 1.807) is 18.5 Å². The number of rotatable bonds is 4. The van der Waals surface area contributed by atoms with Crippen LogP contribution in [0.15, 0.2) is 23.6 Å². The van der Waals surface area contributed by atoms with Crippen molar-refractivity contribution in [3.63, 3.8) is 0 Å². The molecule has 0 aliphatic rings. The summed E-state index contributed by atoms with van der Waals surface area (Å²) >= 11 is 1.34. The van der Waals surface area contributed by atoms with Crippen LogP contribution in [0.1, 0.15) is 6.42 Å². The number of urea groups is 1. The number of thioether (sulfide) groups is 1. The van der Waals surface area contributed by atoms with Gasteiger partial charge in [0.25, 0.3) is 0 Å². The fourth-order valence-corrected chi connectivity index (χ4v) is 1.54. The normalized spacial score (nSPS) is 9.60. The molecular formula is C8H10N4O2S. The fourth-order valence-electron chi connectivity index (χ4n) is 0.795. The van der Waals surface area contributed by atoms with Crippen LogP contribution in [0.4, 0.5) is 4.79 Å². The second kappa shape index (κ2) is 5.97. The van der Waals surface area contributed by atoms with E-state index in [1.807, 2.05) is 5.32 Å². The maximum atomic E-state index is 11.0. The highest BCUT2D eigenvalue weighted by Crippen LogP contribution is 2.11. The van der Waals surface area contributed by atoms with Crippen LogP contribution in [-0.2, 0) is 4.79 Å². The highest BCUT2D eigenvalue weighted by atomic mass is 32.2. The first-order valence-electron chi connectivity index (χ1n) is 4.17. The molecule has 0 saturated heterocycles. The van der Waals surface area contributed by atoms with Crippen molar-refractivity contribution in [3.8, 4) is 0 Å². The molecule has 0 bridgehead atoms. The fraction of sp³-hybridized carbons (Fsp3) is 0.250. The number of carbonyl (C=O) groups excluding carboxylic acids is 2. The van der Waals surface area contributed by atoms with Crippen LogP contribution < -0.4 is 11.1 Å². The van der Waals surface area contributed by atoms with Crippen molar-refractivity contribution >= 4 is 23.7 Å². The third-order valence-electron chi connectivity index (χ3n) is 1.36. The van der Waals surface area contributed by atoms with Gasteiger partial charge >= 0.3 is 6.03 Å². The van der Waals surface area contributed by atoms with Crippen LogP contribution in [0.5, 0.6) is 0 Å². The summed E-state index contributed by atoms with van der Waals surface area (Å²) in [5.41, 5.74) is 4.77. The second-order valence-corrected chi connectivity index (χ2v) is 3.60. The Morgan fingerprint density at radius 3 is 2.67 bits per heavy atom. The Kier molecular flexibility index (Phi) is 4.55. The van der Waals surface area contributed by atoms with Crippen LogP contribution in [0.2, 0.25) is 0 Å². The summed E-state index contributed by atoms with van der Waals surface area (Å²) in [7, 11) is 0. The van der Waals surface area contributed by atoms with Crippen LogP contribution in [0.3, 0.4) is 0 Å². The minimum Gasteiger partial charge on any atom is -0.351 e. The Bertz CT molecular complexity index is 344. The van der Waals surface area contributed by atoms with E-state index in [4.69, 9.17) is 5.73 Å². The first kappa shape index (κ1) is 11.4. The average molecular weight is 226 g/mol. The van der Waals surface area contributed by atoms with Crippen LogP contribution in [0, 0.1) is 0 Å². The lowest BCUT2D eigenvalue weighted by atomic mass is 10.4. The van der Waals surface area contributed by atoms with Crippen molar-refractivity contribution in [2.45, 2.75) is 11.6 Å². The molecule has 0 aliphatic heterocycles. The zero-order valence-corrected chi connectivity index (χ0v) is 8.66. The number of hydrogen-bond acceptors (Lipinski definition) is 5. The van der Waals surface area contributed by atoms with Crippen molar-refractivity contribution in [2.75, 3.05) is 5.75 Å². The number of amides is 3. The van der Waals surface area contributed by atoms with Crippen LogP contribution in [0.25, 0.3) is 0 Å². The molecule has 1 aromatic heterocycles. The lowest BCUT2D eigenvalue weighted by Crippen LogP contribution is -2.35. The molecule has 1 heterocycles. The summed E-state index contributed by atoms with van der Waals surface area (Å²) < 4.78 is 0. The molecule has 7 heteroatoms. The topological polar surface area (TPSA) is 98.0 Å². The lowest BCUT2D eigenvalue weighted by molar-refractivity contribution is -0.119. The maximum absolute atomic E-state index is 11.0. The number of imide groups is 1. The van der Waals surface area contributed by atoms with E-state index in [0.717, 1.165) is 0 Å². The van der Waals surface area contributed by atoms with Gasteiger partial charge in [0.1, 0.15) is 0 Å². The standard InChI is InChI=1S/C8H10N4O2S/c9-7(14)12-6(13)2-5-15-8-10-3-1-4-11-8/h1,3-4H,2,5H2,(H3,9,12,13,14). The minimum absolute atomic E-state index is 0.200. The molecule has 0 aromatic carbocycles. The smallest absolute Gasteiger partial charge is 0.318 e. The number of carbonyl (C=O) groups is 2. The highest BCUT2D eigenvalue weighted by Gasteiger charge is 2.04. The molecular weight excluding hydrogens is 216 g/mol. The number of nitrogens with zero attached hydrogens (tertiary/aromatic N) is 2. The van der Waals surface area contributed by atoms with Gasteiger partial charge in [-0.2, -0.15) is 0 Å². The van der Waals surface area contributed by atoms with Gasteiger partial charge in [-0.3, -0.25) is 10.1 Å². The molecule has 0 saturated carbocycles. The molecule has 3 N–H and O–H groups in total. The summed E-state index contributed by atoms with van der Waals surface area (Å²) in [6, 6.07) is 0.880. The Balaban J connectivity index is 2.22. The quantitative estimate of drug-likeness (QED) is 0.562. The van der Waals surface area contributed by atoms with E-state index in [0.29, 0.717) is 10.9 Å². The number of aromatic nitrogens is 2. The maximum Gasteiger partial charge on any atom is 0.318 e. The minimum atomic E-state index is -0.832. The van der Waals surface area contributed by atoms with E-state index >= 15 is 0 Å². The Morgan fingerprint density at radius 1 is 1.40 bits per heavy atom. The van der Waals surface area contributed by atoms with Crippen LogP contribution in [-0.4, -0.2) is 27.7 Å². The molecule has 0 fully saturated rings. The van der Waals surface area contributed by atoms with E-state index < -0.39 is 11.9 Å². The van der Waals surface area contributed by atoms with Crippen molar-refractivity contribution in [1.29, 1.82) is 0 Å². The van der Waals surface area contributed by atoms with Gasteiger partial charge in [0.05, 0.1) is 0 Å². The van der Waals surface area contributed by atoms with Gasteiger partial charge in [-0.05, 0) is 6.07 Å². The molecule has 0 spiro atoms. The summed E-state index contributed by atoms with van der Waals surface area (Å²) in [5, 5.41) is 2.58. The number of nitrogens with two attached hydrogens (primary N) is 1. The predicted molar refractivity (Wildman–Crippen MR) is 55.1 cm³/mol. The van der Waals surface area contributed by atoms with Crippen molar-refractivity contribution in [2.24, 2.45) is 5.73 Å². The Hall–Kier alpha value is -1.63. The predicted octanol–water partition coefficient (Wildman–Crippen LogP) is 0.154. The first-order chi connectivity index (χ1) is 7.18.